The van der Waals surface area contributed by atoms with E-state index in [4.69, 9.17) is 16.3 Å². The molecule has 0 bridgehead atoms. The Hall–Kier alpha value is -1.45. The van der Waals surface area contributed by atoms with Crippen LogP contribution in [-0.2, 0) is 28.0 Å². The predicted molar refractivity (Wildman–Crippen MR) is 104 cm³/mol. The van der Waals surface area contributed by atoms with Crippen molar-refractivity contribution in [3.05, 3.63) is 46.2 Å². The van der Waals surface area contributed by atoms with Gasteiger partial charge in [-0.15, -0.1) is 0 Å². The van der Waals surface area contributed by atoms with E-state index in [2.05, 4.69) is 10.00 Å². The molecule has 1 aromatic heterocycles. The first kappa shape index (κ1) is 20.3. The molecule has 9 heteroatoms. The summed E-state index contributed by atoms with van der Waals surface area (Å²) in [6.45, 7) is 6.37. The van der Waals surface area contributed by atoms with Crippen molar-refractivity contribution >= 4 is 21.6 Å². The summed E-state index contributed by atoms with van der Waals surface area (Å²) in [6.07, 6.45) is 0. The minimum absolute atomic E-state index is 0.310. The zero-order chi connectivity index (χ0) is 19.6. The van der Waals surface area contributed by atoms with Gasteiger partial charge in [-0.25, -0.2) is 8.42 Å². The Morgan fingerprint density at radius 3 is 2.44 bits per heavy atom. The average Bonchev–Trinajstić information content (AvgIpc) is 2.91. The lowest BCUT2D eigenvalue weighted by molar-refractivity contribution is 0.0730. The highest BCUT2D eigenvalue weighted by molar-refractivity contribution is 7.89. The molecule has 1 aliphatic rings. The maximum atomic E-state index is 13.0. The summed E-state index contributed by atoms with van der Waals surface area (Å²) in [5.74, 6) is 0. The van der Waals surface area contributed by atoms with Crippen LogP contribution in [0.15, 0.2) is 29.2 Å². The number of rotatable bonds is 6. The molecular weight excluding hydrogens is 388 g/mol. The van der Waals surface area contributed by atoms with E-state index >= 15 is 0 Å². The van der Waals surface area contributed by atoms with Crippen LogP contribution in [0, 0.1) is 13.8 Å². The third-order valence-electron chi connectivity index (χ3n) is 4.62. The number of ether oxygens (including phenoxy) is 1. The van der Waals surface area contributed by atoms with Gasteiger partial charge in [0.2, 0.25) is 10.0 Å². The molecule has 0 amide bonds. The number of sulfonamides is 1. The van der Waals surface area contributed by atoms with E-state index in [1.165, 1.54) is 4.31 Å². The molecule has 0 spiro atoms. The van der Waals surface area contributed by atoms with E-state index < -0.39 is 10.0 Å². The maximum absolute atomic E-state index is 13.0. The molecule has 1 saturated heterocycles. The van der Waals surface area contributed by atoms with Crippen molar-refractivity contribution in [3.8, 4) is 0 Å². The molecule has 2 heterocycles. The zero-order valence-corrected chi connectivity index (χ0v) is 17.4. The van der Waals surface area contributed by atoms with Crippen molar-refractivity contribution in [3.63, 3.8) is 0 Å². The van der Waals surface area contributed by atoms with Gasteiger partial charge in [-0.05, 0) is 38.6 Å². The van der Waals surface area contributed by atoms with Gasteiger partial charge in [0.05, 0.1) is 31.3 Å². The first-order valence-electron chi connectivity index (χ1n) is 8.84. The Morgan fingerprint density at radius 1 is 1.19 bits per heavy atom. The molecular formula is C18H25ClN4O3S. The topological polar surface area (TPSA) is 67.7 Å². The highest BCUT2D eigenvalue weighted by Crippen LogP contribution is 2.24. The van der Waals surface area contributed by atoms with Crippen LogP contribution in [0.5, 0.6) is 0 Å². The first-order valence-corrected chi connectivity index (χ1v) is 10.7. The largest absolute Gasteiger partial charge is 0.379 e. The van der Waals surface area contributed by atoms with Gasteiger partial charge in [-0.2, -0.15) is 9.40 Å². The minimum atomic E-state index is -3.57. The molecule has 0 aliphatic carbocycles. The Labute approximate surface area is 165 Å². The second-order valence-corrected chi connectivity index (χ2v) is 9.11. The lowest BCUT2D eigenvalue weighted by Gasteiger charge is -2.26. The van der Waals surface area contributed by atoms with Crippen molar-refractivity contribution in [2.45, 2.75) is 32.0 Å². The minimum Gasteiger partial charge on any atom is -0.379 e. The SMILES string of the molecule is Cc1nn(CN(C)Cc2ccc(Cl)cc2)c(C)c1S(=O)(=O)N1CCOCC1. The van der Waals surface area contributed by atoms with Gasteiger partial charge in [-0.1, -0.05) is 23.7 Å². The quantitative estimate of drug-likeness (QED) is 0.728. The van der Waals surface area contributed by atoms with Crippen molar-refractivity contribution in [1.82, 2.24) is 19.0 Å². The van der Waals surface area contributed by atoms with E-state index in [-0.39, 0.29) is 0 Å². The lowest BCUT2D eigenvalue weighted by Crippen LogP contribution is -2.41. The summed E-state index contributed by atoms with van der Waals surface area (Å²) in [5, 5.41) is 5.19. The van der Waals surface area contributed by atoms with Crippen LogP contribution < -0.4 is 0 Å². The van der Waals surface area contributed by atoms with Gasteiger partial charge in [0, 0.05) is 24.7 Å². The summed E-state index contributed by atoms with van der Waals surface area (Å²) in [6, 6.07) is 7.69. The molecule has 0 unspecified atom stereocenters. The normalized spacial score (nSPS) is 16.2. The number of nitrogens with zero attached hydrogens (tertiary/aromatic N) is 4. The van der Waals surface area contributed by atoms with Gasteiger partial charge in [0.15, 0.2) is 0 Å². The van der Waals surface area contributed by atoms with Crippen LogP contribution in [-0.4, -0.2) is 60.8 Å². The van der Waals surface area contributed by atoms with E-state index in [9.17, 15) is 8.42 Å². The standard InChI is InChI=1S/C18H25ClN4O3S/c1-14-18(27(24,25)22-8-10-26-11-9-22)15(2)23(20-14)13-21(3)12-16-4-6-17(19)7-5-16/h4-7H,8-13H2,1-3H3. The summed E-state index contributed by atoms with van der Waals surface area (Å²) in [4.78, 5) is 2.39. The van der Waals surface area contributed by atoms with Crippen LogP contribution in [0.25, 0.3) is 0 Å². The molecule has 1 aromatic carbocycles. The summed E-state index contributed by atoms with van der Waals surface area (Å²) >= 11 is 5.93. The van der Waals surface area contributed by atoms with Crippen molar-refractivity contribution in [2.75, 3.05) is 33.4 Å². The molecule has 0 atom stereocenters. The van der Waals surface area contributed by atoms with Crippen molar-refractivity contribution in [1.29, 1.82) is 0 Å². The van der Waals surface area contributed by atoms with Gasteiger partial charge < -0.3 is 4.74 Å². The highest BCUT2D eigenvalue weighted by Gasteiger charge is 2.32. The Balaban J connectivity index is 1.77. The summed E-state index contributed by atoms with van der Waals surface area (Å²) < 4.78 is 34.6. The van der Waals surface area contributed by atoms with E-state index in [0.29, 0.717) is 60.8 Å². The van der Waals surface area contributed by atoms with E-state index in [1.54, 1.807) is 11.6 Å². The van der Waals surface area contributed by atoms with Gasteiger partial charge in [0.1, 0.15) is 4.90 Å². The van der Waals surface area contributed by atoms with Gasteiger partial charge >= 0.3 is 0 Å². The predicted octanol–water partition coefficient (Wildman–Crippen LogP) is 2.26. The number of aryl methyl sites for hydroxylation is 1. The maximum Gasteiger partial charge on any atom is 0.246 e. The number of halogens is 1. The fourth-order valence-corrected chi connectivity index (χ4v) is 5.19. The number of hydrogen-bond acceptors (Lipinski definition) is 5. The first-order chi connectivity index (χ1) is 12.8. The van der Waals surface area contributed by atoms with Gasteiger partial charge in [0.25, 0.3) is 0 Å². The molecule has 3 rings (SSSR count). The molecule has 2 aromatic rings. The Morgan fingerprint density at radius 2 is 1.81 bits per heavy atom. The van der Waals surface area contributed by atoms with Crippen LogP contribution in [0.4, 0.5) is 0 Å². The van der Waals surface area contributed by atoms with E-state index in [1.807, 2.05) is 38.2 Å². The lowest BCUT2D eigenvalue weighted by atomic mass is 10.2. The third-order valence-corrected chi connectivity index (χ3v) is 7.03. The molecule has 7 nitrogen and oxygen atoms in total. The molecule has 0 radical (unpaired) electrons. The van der Waals surface area contributed by atoms with Gasteiger partial charge in [-0.3, -0.25) is 9.58 Å². The van der Waals surface area contributed by atoms with Crippen LogP contribution in [0.3, 0.4) is 0 Å². The van der Waals surface area contributed by atoms with Crippen molar-refractivity contribution < 1.29 is 13.2 Å². The van der Waals surface area contributed by atoms with E-state index in [0.717, 1.165) is 5.56 Å². The molecule has 0 saturated carbocycles. The zero-order valence-electron chi connectivity index (χ0n) is 15.9. The Bertz CT molecular complexity index is 890. The number of hydrogen-bond donors (Lipinski definition) is 0. The van der Waals surface area contributed by atoms with Crippen LogP contribution >= 0.6 is 11.6 Å². The number of aromatic nitrogens is 2. The molecule has 0 N–H and O–H groups in total. The fourth-order valence-electron chi connectivity index (χ4n) is 3.29. The Kier molecular flexibility index (Phi) is 6.22. The average molecular weight is 413 g/mol. The molecule has 1 fully saturated rings. The number of benzene rings is 1. The smallest absolute Gasteiger partial charge is 0.246 e. The summed E-state index contributed by atoms with van der Waals surface area (Å²) in [7, 11) is -1.59. The monoisotopic (exact) mass is 412 g/mol. The second kappa shape index (κ2) is 8.28. The molecule has 1 aliphatic heterocycles. The third kappa shape index (κ3) is 4.52. The highest BCUT2D eigenvalue weighted by atomic mass is 35.5. The van der Waals surface area contributed by atoms with Crippen LogP contribution in [0.2, 0.25) is 5.02 Å². The van der Waals surface area contributed by atoms with Crippen LogP contribution in [0.1, 0.15) is 17.0 Å². The number of morpholine rings is 1. The van der Waals surface area contributed by atoms with Crippen molar-refractivity contribution in [2.24, 2.45) is 0 Å². The fraction of sp³-hybridized carbons (Fsp3) is 0.500. The summed E-state index contributed by atoms with van der Waals surface area (Å²) in [5.41, 5.74) is 2.31. The molecule has 148 valence electrons. The second-order valence-electron chi connectivity index (χ2n) is 6.80. The molecule has 27 heavy (non-hydrogen) atoms.